The average Bonchev–Trinajstić information content (AvgIpc) is 3.26. The highest BCUT2D eigenvalue weighted by atomic mass is 35.5. The van der Waals surface area contributed by atoms with Gasteiger partial charge in [0.2, 0.25) is 5.91 Å². The number of rotatable bonds is 12. The van der Waals surface area contributed by atoms with Crippen LogP contribution in [0.2, 0.25) is 0 Å². The number of hydrogen-bond acceptors (Lipinski definition) is 4. The fourth-order valence-corrected chi connectivity index (χ4v) is 4.97. The summed E-state index contributed by atoms with van der Waals surface area (Å²) in [6.45, 7) is 5.02. The molecule has 1 aliphatic heterocycles. The van der Waals surface area contributed by atoms with Gasteiger partial charge in [0.15, 0.2) is 0 Å². The molecule has 0 radical (unpaired) electrons. The fourth-order valence-electron chi connectivity index (χ4n) is 4.45. The van der Waals surface area contributed by atoms with Crippen LogP contribution in [0.1, 0.15) is 45.4 Å². The predicted octanol–water partition coefficient (Wildman–Crippen LogP) is 3.16. The second-order valence-electron chi connectivity index (χ2n) is 7.57. The Kier molecular flexibility index (Phi) is 6.76. The van der Waals surface area contributed by atoms with Crippen LogP contribution >= 0.6 is 11.6 Å². The summed E-state index contributed by atoms with van der Waals surface area (Å²) in [4.78, 5) is 25.7. The number of imide groups is 1. The van der Waals surface area contributed by atoms with Gasteiger partial charge in [-0.3, -0.25) is 14.5 Å². The van der Waals surface area contributed by atoms with Crippen molar-refractivity contribution in [2.45, 2.75) is 50.3 Å². The number of halogens is 1. The molecule has 0 spiro atoms. The standard InChI is InChI=1S/C20H30ClNO4/c1-2-3-4-5-10-25-12-13-26-11-6-9-22-18(23)17-15-7-8-16(14-15)20(17,21)19(22)24/h7-8,15-17H,2-6,9-14H2,1H3/t15-,16+,17-,20-/m1/s1. The molecule has 4 atom stereocenters. The van der Waals surface area contributed by atoms with Crippen molar-refractivity contribution in [3.8, 4) is 0 Å². The molecule has 146 valence electrons. The molecule has 2 amide bonds. The lowest BCUT2D eigenvalue weighted by Gasteiger charge is -2.25. The summed E-state index contributed by atoms with van der Waals surface area (Å²) in [5, 5.41) is 0. The van der Waals surface area contributed by atoms with Crippen molar-refractivity contribution in [3.63, 3.8) is 0 Å². The number of carbonyl (C=O) groups excluding carboxylic acids is 2. The van der Waals surface area contributed by atoms with Crippen LogP contribution in [0.4, 0.5) is 0 Å². The summed E-state index contributed by atoms with van der Waals surface area (Å²) in [5.41, 5.74) is 0. The zero-order valence-electron chi connectivity index (χ0n) is 15.6. The van der Waals surface area contributed by atoms with E-state index in [2.05, 4.69) is 13.0 Å². The van der Waals surface area contributed by atoms with Gasteiger partial charge >= 0.3 is 0 Å². The van der Waals surface area contributed by atoms with E-state index in [1.54, 1.807) is 0 Å². The highest BCUT2D eigenvalue weighted by molar-refractivity contribution is 6.41. The van der Waals surface area contributed by atoms with Crippen LogP contribution in [0.25, 0.3) is 0 Å². The van der Waals surface area contributed by atoms with Crippen LogP contribution in [0.5, 0.6) is 0 Å². The number of hydrogen-bond donors (Lipinski definition) is 0. The van der Waals surface area contributed by atoms with Crippen LogP contribution in [-0.2, 0) is 19.1 Å². The average molecular weight is 384 g/mol. The molecule has 0 aromatic heterocycles. The summed E-state index contributed by atoms with van der Waals surface area (Å²) >= 11 is 6.64. The number of alkyl halides is 1. The van der Waals surface area contributed by atoms with Crippen molar-refractivity contribution in [3.05, 3.63) is 12.2 Å². The largest absolute Gasteiger partial charge is 0.379 e. The van der Waals surface area contributed by atoms with E-state index < -0.39 is 4.87 Å². The molecule has 3 aliphatic rings. The number of unbranched alkanes of at least 4 members (excludes halogenated alkanes) is 3. The Balaban J connectivity index is 1.29. The van der Waals surface area contributed by atoms with E-state index in [1.165, 1.54) is 24.2 Å². The Morgan fingerprint density at radius 1 is 1.08 bits per heavy atom. The minimum absolute atomic E-state index is 0.00587. The van der Waals surface area contributed by atoms with Crippen molar-refractivity contribution in [1.82, 2.24) is 4.90 Å². The van der Waals surface area contributed by atoms with E-state index >= 15 is 0 Å². The lowest BCUT2D eigenvalue weighted by molar-refractivity contribution is -0.140. The van der Waals surface area contributed by atoms with Crippen LogP contribution < -0.4 is 0 Å². The molecule has 1 saturated heterocycles. The predicted molar refractivity (Wildman–Crippen MR) is 99.9 cm³/mol. The molecule has 2 aliphatic carbocycles. The maximum absolute atomic E-state index is 12.7. The topological polar surface area (TPSA) is 55.8 Å². The van der Waals surface area contributed by atoms with Crippen LogP contribution in [0.15, 0.2) is 12.2 Å². The van der Waals surface area contributed by atoms with Gasteiger partial charge in [-0.25, -0.2) is 0 Å². The summed E-state index contributed by atoms with van der Waals surface area (Å²) in [6, 6.07) is 0. The number of fused-ring (bicyclic) bond motifs is 5. The first-order valence-corrected chi connectivity index (χ1v) is 10.4. The molecule has 0 unspecified atom stereocenters. The number of allylic oxidation sites excluding steroid dienone is 2. The molecule has 5 nitrogen and oxygen atoms in total. The van der Waals surface area contributed by atoms with E-state index in [1.807, 2.05) is 6.08 Å². The first-order valence-electron chi connectivity index (χ1n) is 9.99. The van der Waals surface area contributed by atoms with Gasteiger partial charge < -0.3 is 9.47 Å². The SMILES string of the molecule is CCCCCCOCCOCCCN1C(=O)[C@H]2[C@@H]3C=C[C@@H](C3)[C@]2(Cl)C1=O. The van der Waals surface area contributed by atoms with Gasteiger partial charge in [0.1, 0.15) is 4.87 Å². The Morgan fingerprint density at radius 2 is 1.81 bits per heavy atom. The summed E-state index contributed by atoms with van der Waals surface area (Å²) in [6.07, 6.45) is 10.3. The molecule has 2 fully saturated rings. The molecular formula is C20H30ClNO4. The van der Waals surface area contributed by atoms with Crippen LogP contribution in [-0.4, -0.2) is 54.6 Å². The van der Waals surface area contributed by atoms with Gasteiger partial charge in [0.05, 0.1) is 19.1 Å². The van der Waals surface area contributed by atoms with Crippen molar-refractivity contribution in [2.24, 2.45) is 17.8 Å². The molecule has 6 heteroatoms. The minimum Gasteiger partial charge on any atom is -0.379 e. The molecule has 0 aromatic rings. The molecule has 26 heavy (non-hydrogen) atoms. The van der Waals surface area contributed by atoms with E-state index in [-0.39, 0.29) is 29.6 Å². The second kappa shape index (κ2) is 8.85. The normalized spacial score (nSPS) is 32.1. The minimum atomic E-state index is -1.02. The van der Waals surface area contributed by atoms with E-state index in [0.29, 0.717) is 32.8 Å². The Bertz CT molecular complexity index is 552. The van der Waals surface area contributed by atoms with E-state index in [0.717, 1.165) is 19.4 Å². The quantitative estimate of drug-likeness (QED) is 0.225. The van der Waals surface area contributed by atoms with Gasteiger partial charge in [-0.15, -0.1) is 11.6 Å². The van der Waals surface area contributed by atoms with Crippen molar-refractivity contribution >= 4 is 23.4 Å². The number of nitrogens with zero attached hydrogens (tertiary/aromatic N) is 1. The molecule has 1 heterocycles. The summed E-state index contributed by atoms with van der Waals surface area (Å²) < 4.78 is 11.1. The van der Waals surface area contributed by atoms with Gasteiger partial charge in [0.25, 0.3) is 5.91 Å². The molecule has 1 saturated carbocycles. The van der Waals surface area contributed by atoms with Gasteiger partial charge in [-0.1, -0.05) is 38.3 Å². The lowest BCUT2D eigenvalue weighted by Crippen LogP contribution is -2.41. The molecule has 0 N–H and O–H groups in total. The number of ether oxygens (including phenoxy) is 2. The van der Waals surface area contributed by atoms with E-state index in [4.69, 9.17) is 21.1 Å². The number of amides is 2. The van der Waals surface area contributed by atoms with Gasteiger partial charge in [-0.05, 0) is 25.2 Å². The maximum Gasteiger partial charge on any atom is 0.251 e. The maximum atomic E-state index is 12.7. The third-order valence-corrected chi connectivity index (χ3v) is 6.50. The summed E-state index contributed by atoms with van der Waals surface area (Å²) in [7, 11) is 0. The molecule has 2 bridgehead atoms. The highest BCUT2D eigenvalue weighted by Crippen LogP contribution is 2.58. The lowest BCUT2D eigenvalue weighted by atomic mass is 9.84. The zero-order chi connectivity index (χ0) is 18.6. The first kappa shape index (κ1) is 19.8. The van der Waals surface area contributed by atoms with Crippen molar-refractivity contribution in [2.75, 3.05) is 33.0 Å². The monoisotopic (exact) mass is 383 g/mol. The first-order chi connectivity index (χ1) is 12.6. The smallest absolute Gasteiger partial charge is 0.251 e. The molecule has 0 aromatic carbocycles. The molecular weight excluding hydrogens is 354 g/mol. The van der Waals surface area contributed by atoms with Gasteiger partial charge in [-0.2, -0.15) is 0 Å². The van der Waals surface area contributed by atoms with Crippen molar-refractivity contribution < 1.29 is 19.1 Å². The summed E-state index contributed by atoms with van der Waals surface area (Å²) in [5.74, 6) is -0.539. The zero-order valence-corrected chi connectivity index (χ0v) is 16.4. The third kappa shape index (κ3) is 3.71. The van der Waals surface area contributed by atoms with E-state index in [9.17, 15) is 9.59 Å². The number of likely N-dealkylation sites (tertiary alicyclic amines) is 1. The van der Waals surface area contributed by atoms with Gasteiger partial charge in [0, 0.05) is 25.7 Å². The highest BCUT2D eigenvalue weighted by Gasteiger charge is 2.68. The van der Waals surface area contributed by atoms with Crippen LogP contribution in [0, 0.1) is 17.8 Å². The third-order valence-electron chi connectivity index (χ3n) is 5.83. The second-order valence-corrected chi connectivity index (χ2v) is 8.20. The fraction of sp³-hybridized carbons (Fsp3) is 0.800. The Labute approximate surface area is 161 Å². The van der Waals surface area contributed by atoms with Crippen molar-refractivity contribution in [1.29, 1.82) is 0 Å². The molecule has 3 rings (SSSR count). The Hall–Kier alpha value is -0.910. The Morgan fingerprint density at radius 3 is 2.50 bits per heavy atom. The number of carbonyl (C=O) groups is 2. The van der Waals surface area contributed by atoms with Crippen LogP contribution in [0.3, 0.4) is 0 Å².